The van der Waals surface area contributed by atoms with Crippen LogP contribution in [0.5, 0.6) is 17.2 Å². The second-order valence-corrected chi connectivity index (χ2v) is 9.06. The minimum atomic E-state index is -0.588. The van der Waals surface area contributed by atoms with Crippen molar-refractivity contribution >= 4 is 17.3 Å². The lowest BCUT2D eigenvalue weighted by Crippen LogP contribution is -2.29. The minimum absolute atomic E-state index is 0.301. The van der Waals surface area contributed by atoms with Crippen LogP contribution in [0.2, 0.25) is 0 Å². The molecule has 1 unspecified atom stereocenters. The Hall–Kier alpha value is -3.51. The predicted octanol–water partition coefficient (Wildman–Crippen LogP) is 7.08. The van der Waals surface area contributed by atoms with Crippen molar-refractivity contribution in [2.45, 2.75) is 52.1 Å². The molecule has 1 aliphatic rings. The molecule has 0 saturated heterocycles. The normalized spacial score (nSPS) is 12.8. The third-order valence-electron chi connectivity index (χ3n) is 6.33. The van der Waals surface area contributed by atoms with Crippen LogP contribution >= 0.6 is 0 Å². The highest BCUT2D eigenvalue weighted by Gasteiger charge is 2.24. The van der Waals surface area contributed by atoms with E-state index in [2.05, 4.69) is 24.0 Å². The summed E-state index contributed by atoms with van der Waals surface area (Å²) in [7, 11) is 0. The SMILES string of the molecule is CCCCCCOC(Cc1ccc(OCCN2c3ccccc3Oc3ccccc32)cc1)C(=O)OCC. The molecule has 6 heteroatoms. The molecule has 37 heavy (non-hydrogen) atoms. The van der Waals surface area contributed by atoms with Crippen LogP contribution in [-0.4, -0.2) is 38.4 Å². The second-order valence-electron chi connectivity index (χ2n) is 9.06. The molecule has 1 heterocycles. The first-order valence-electron chi connectivity index (χ1n) is 13.3. The summed E-state index contributed by atoms with van der Waals surface area (Å²) in [6, 6.07) is 23.9. The van der Waals surface area contributed by atoms with E-state index in [1.54, 1.807) is 0 Å². The molecule has 0 aromatic heterocycles. The summed E-state index contributed by atoms with van der Waals surface area (Å²) in [5, 5.41) is 0. The smallest absolute Gasteiger partial charge is 0.335 e. The van der Waals surface area contributed by atoms with Crippen LogP contribution in [0.3, 0.4) is 0 Å². The molecule has 3 aromatic rings. The van der Waals surface area contributed by atoms with Crippen LogP contribution < -0.4 is 14.4 Å². The van der Waals surface area contributed by atoms with Gasteiger partial charge in [0.25, 0.3) is 0 Å². The molecule has 6 nitrogen and oxygen atoms in total. The van der Waals surface area contributed by atoms with Gasteiger partial charge in [-0.05, 0) is 55.3 Å². The summed E-state index contributed by atoms with van der Waals surface area (Å²) >= 11 is 0. The molecule has 4 rings (SSSR count). The number of carbonyl (C=O) groups is 1. The lowest BCUT2D eigenvalue weighted by molar-refractivity contribution is -0.156. The fourth-order valence-corrected chi connectivity index (χ4v) is 4.41. The van der Waals surface area contributed by atoms with Crippen molar-refractivity contribution in [3.63, 3.8) is 0 Å². The van der Waals surface area contributed by atoms with Crippen molar-refractivity contribution in [2.75, 3.05) is 31.3 Å². The molecule has 196 valence electrons. The number of fused-ring (bicyclic) bond motifs is 2. The number of anilines is 2. The summed E-state index contributed by atoms with van der Waals surface area (Å²) in [4.78, 5) is 14.6. The standard InChI is InChI=1S/C31H37NO5/c1-3-5-6-11-21-36-30(31(33)34-4-2)23-24-16-18-25(19-17-24)35-22-20-32-26-12-7-9-14-28(26)37-29-15-10-8-13-27(29)32/h7-10,12-19,30H,3-6,11,20-23H2,1-2H3. The van der Waals surface area contributed by atoms with E-state index in [0.29, 0.717) is 32.8 Å². The lowest BCUT2D eigenvalue weighted by atomic mass is 10.1. The number of hydrogen-bond donors (Lipinski definition) is 0. The Morgan fingerprint density at radius 1 is 0.838 bits per heavy atom. The van der Waals surface area contributed by atoms with E-state index in [-0.39, 0.29) is 5.97 Å². The van der Waals surface area contributed by atoms with Gasteiger partial charge >= 0.3 is 5.97 Å². The Morgan fingerprint density at radius 2 is 1.51 bits per heavy atom. The molecule has 1 aliphatic heterocycles. The number of carbonyl (C=O) groups excluding carboxylic acids is 1. The van der Waals surface area contributed by atoms with Crippen LogP contribution in [-0.2, 0) is 20.7 Å². The van der Waals surface area contributed by atoms with Crippen LogP contribution in [0.15, 0.2) is 72.8 Å². The molecule has 0 aliphatic carbocycles. The monoisotopic (exact) mass is 503 g/mol. The molecule has 0 amide bonds. The van der Waals surface area contributed by atoms with Crippen molar-refractivity contribution < 1.29 is 23.7 Å². The summed E-state index contributed by atoms with van der Waals surface area (Å²) in [6.07, 6.45) is 4.31. The molecule has 1 atom stereocenters. The van der Waals surface area contributed by atoms with E-state index in [4.69, 9.17) is 18.9 Å². The van der Waals surface area contributed by atoms with Crippen molar-refractivity contribution in [3.05, 3.63) is 78.4 Å². The maximum absolute atomic E-state index is 12.4. The Morgan fingerprint density at radius 3 is 2.16 bits per heavy atom. The van der Waals surface area contributed by atoms with E-state index in [1.807, 2.05) is 67.6 Å². The average molecular weight is 504 g/mol. The Balaban J connectivity index is 1.32. The van der Waals surface area contributed by atoms with Gasteiger partial charge in [0.05, 0.1) is 24.5 Å². The van der Waals surface area contributed by atoms with Gasteiger partial charge in [0.15, 0.2) is 17.6 Å². The summed E-state index contributed by atoms with van der Waals surface area (Å²) in [5.41, 5.74) is 3.06. The van der Waals surface area contributed by atoms with Crippen molar-refractivity contribution in [3.8, 4) is 17.2 Å². The second kappa shape index (κ2) is 13.7. The van der Waals surface area contributed by atoms with Crippen LogP contribution in [0.25, 0.3) is 0 Å². The maximum Gasteiger partial charge on any atom is 0.335 e. The first-order valence-corrected chi connectivity index (χ1v) is 13.3. The quantitative estimate of drug-likeness (QED) is 0.173. The Kier molecular flexibility index (Phi) is 9.83. The van der Waals surface area contributed by atoms with Crippen molar-refractivity contribution in [1.29, 1.82) is 0 Å². The summed E-state index contributed by atoms with van der Waals surface area (Å²) < 4.78 is 23.3. The van der Waals surface area contributed by atoms with Crippen molar-refractivity contribution in [2.24, 2.45) is 0 Å². The largest absolute Gasteiger partial charge is 0.492 e. The maximum atomic E-state index is 12.4. The van der Waals surface area contributed by atoms with Gasteiger partial charge < -0.3 is 23.8 Å². The van der Waals surface area contributed by atoms with Gasteiger partial charge in [0.1, 0.15) is 12.4 Å². The zero-order valence-electron chi connectivity index (χ0n) is 21.9. The number of rotatable bonds is 14. The fourth-order valence-electron chi connectivity index (χ4n) is 4.41. The van der Waals surface area contributed by atoms with Gasteiger partial charge in [0, 0.05) is 13.0 Å². The Bertz CT molecular complexity index is 1080. The molecule has 0 N–H and O–H groups in total. The number of benzene rings is 3. The van der Waals surface area contributed by atoms with Crippen molar-refractivity contribution in [1.82, 2.24) is 0 Å². The number of unbranched alkanes of at least 4 members (excludes halogenated alkanes) is 3. The molecule has 0 bridgehead atoms. The number of esters is 1. The fraction of sp³-hybridized carbons (Fsp3) is 0.387. The Labute approximate surface area is 220 Å². The van der Waals surface area contributed by atoms with Gasteiger partial charge in [-0.1, -0.05) is 62.6 Å². The average Bonchev–Trinajstić information content (AvgIpc) is 2.93. The number of para-hydroxylation sites is 4. The topological polar surface area (TPSA) is 57.2 Å². The zero-order valence-corrected chi connectivity index (χ0v) is 21.9. The molecule has 0 spiro atoms. The molecule has 0 fully saturated rings. The summed E-state index contributed by atoms with van der Waals surface area (Å²) in [5.74, 6) is 2.17. The third-order valence-corrected chi connectivity index (χ3v) is 6.33. The molecule has 0 saturated carbocycles. The van der Waals surface area contributed by atoms with Crippen LogP contribution in [0, 0.1) is 0 Å². The van der Waals surface area contributed by atoms with E-state index in [9.17, 15) is 4.79 Å². The molecule has 3 aromatic carbocycles. The lowest BCUT2D eigenvalue weighted by Gasteiger charge is -2.32. The van der Waals surface area contributed by atoms with E-state index < -0.39 is 6.10 Å². The zero-order chi connectivity index (χ0) is 25.9. The first kappa shape index (κ1) is 26.6. The number of hydrogen-bond acceptors (Lipinski definition) is 6. The van der Waals surface area contributed by atoms with Gasteiger partial charge in [0.2, 0.25) is 0 Å². The minimum Gasteiger partial charge on any atom is -0.492 e. The van der Waals surface area contributed by atoms with Gasteiger partial charge in [-0.25, -0.2) is 4.79 Å². The highest BCUT2D eigenvalue weighted by atomic mass is 16.6. The highest BCUT2D eigenvalue weighted by Crippen LogP contribution is 2.45. The van der Waals surface area contributed by atoms with Gasteiger partial charge in [-0.2, -0.15) is 0 Å². The molecular weight excluding hydrogens is 466 g/mol. The van der Waals surface area contributed by atoms with E-state index in [1.165, 1.54) is 12.8 Å². The number of ether oxygens (including phenoxy) is 4. The van der Waals surface area contributed by atoms with Gasteiger partial charge in [-0.15, -0.1) is 0 Å². The first-order chi connectivity index (χ1) is 18.2. The van der Waals surface area contributed by atoms with Gasteiger partial charge in [-0.3, -0.25) is 0 Å². The third kappa shape index (κ3) is 7.26. The number of nitrogens with zero attached hydrogens (tertiary/aromatic N) is 1. The van der Waals surface area contributed by atoms with E-state index in [0.717, 1.165) is 47.0 Å². The van der Waals surface area contributed by atoms with Crippen LogP contribution in [0.1, 0.15) is 45.1 Å². The van der Waals surface area contributed by atoms with Crippen LogP contribution in [0.4, 0.5) is 11.4 Å². The highest BCUT2D eigenvalue weighted by molar-refractivity contribution is 5.77. The van der Waals surface area contributed by atoms with E-state index >= 15 is 0 Å². The summed E-state index contributed by atoms with van der Waals surface area (Å²) in [6.45, 7) is 6.09. The molecule has 0 radical (unpaired) electrons. The predicted molar refractivity (Wildman–Crippen MR) is 146 cm³/mol. The molecular formula is C31H37NO5.